The molecule has 5 nitrogen and oxygen atoms in total. The molecule has 0 radical (unpaired) electrons. The molecule has 1 aliphatic rings. The maximum absolute atomic E-state index is 11.9. The SMILES string of the molecule is CCOP(=O)(OC=CNC1CCCCC1)OCC. The van der Waals surface area contributed by atoms with Gasteiger partial charge in [-0.2, -0.15) is 0 Å². The Balaban J connectivity index is 2.29. The fourth-order valence-corrected chi connectivity index (χ4v) is 3.00. The summed E-state index contributed by atoms with van der Waals surface area (Å²) in [4.78, 5) is 0. The topological polar surface area (TPSA) is 56.8 Å². The molecule has 0 heterocycles. The van der Waals surface area contributed by atoms with E-state index in [0.29, 0.717) is 19.3 Å². The van der Waals surface area contributed by atoms with Crippen LogP contribution in [0.25, 0.3) is 0 Å². The molecule has 6 heteroatoms. The van der Waals surface area contributed by atoms with Crippen LogP contribution in [-0.4, -0.2) is 19.3 Å². The highest BCUT2D eigenvalue weighted by Gasteiger charge is 2.25. The third-order valence-electron chi connectivity index (χ3n) is 2.77. The smallest absolute Gasteiger partial charge is 0.410 e. The first-order valence-corrected chi connectivity index (χ1v) is 8.15. The number of phosphoric acid groups is 1. The van der Waals surface area contributed by atoms with E-state index in [1.165, 1.54) is 38.4 Å². The molecule has 0 aromatic heterocycles. The second-order valence-electron chi connectivity index (χ2n) is 4.19. The van der Waals surface area contributed by atoms with Crippen LogP contribution < -0.4 is 5.32 Å². The van der Waals surface area contributed by atoms with Gasteiger partial charge in [0.25, 0.3) is 0 Å². The highest BCUT2D eigenvalue weighted by Crippen LogP contribution is 2.49. The quantitative estimate of drug-likeness (QED) is 0.543. The molecule has 1 fully saturated rings. The zero-order valence-corrected chi connectivity index (χ0v) is 12.2. The van der Waals surface area contributed by atoms with Crippen LogP contribution >= 0.6 is 7.82 Å². The molecule has 1 N–H and O–H groups in total. The molecule has 1 saturated carbocycles. The van der Waals surface area contributed by atoms with Gasteiger partial charge in [0.1, 0.15) is 6.26 Å². The van der Waals surface area contributed by atoms with Gasteiger partial charge in [0, 0.05) is 12.2 Å². The molecule has 0 saturated heterocycles. The lowest BCUT2D eigenvalue weighted by atomic mass is 9.96. The van der Waals surface area contributed by atoms with Gasteiger partial charge in [-0.3, -0.25) is 9.05 Å². The van der Waals surface area contributed by atoms with Crippen molar-refractivity contribution in [3.8, 4) is 0 Å². The molecule has 0 spiro atoms. The van der Waals surface area contributed by atoms with Gasteiger partial charge in [-0.15, -0.1) is 0 Å². The van der Waals surface area contributed by atoms with Crippen molar-refractivity contribution in [2.75, 3.05) is 13.2 Å². The normalized spacial score (nSPS) is 18.1. The average Bonchev–Trinajstić information content (AvgIpc) is 2.37. The summed E-state index contributed by atoms with van der Waals surface area (Å²) in [6, 6.07) is 0.497. The van der Waals surface area contributed by atoms with Crippen LogP contribution in [0.2, 0.25) is 0 Å². The Kier molecular flexibility index (Phi) is 7.40. The summed E-state index contributed by atoms with van der Waals surface area (Å²) in [5.74, 6) is 0. The predicted molar refractivity (Wildman–Crippen MR) is 71.1 cm³/mol. The maximum atomic E-state index is 11.9. The van der Waals surface area contributed by atoms with Crippen LogP contribution in [0.1, 0.15) is 46.0 Å². The summed E-state index contributed by atoms with van der Waals surface area (Å²) in [6.45, 7) is 4.08. The van der Waals surface area contributed by atoms with Gasteiger partial charge in [0.05, 0.1) is 13.2 Å². The van der Waals surface area contributed by atoms with E-state index in [1.807, 2.05) is 0 Å². The van der Waals surface area contributed by atoms with Gasteiger partial charge in [0.2, 0.25) is 0 Å². The van der Waals surface area contributed by atoms with Crippen molar-refractivity contribution in [3.05, 3.63) is 12.5 Å². The average molecular weight is 277 g/mol. The highest BCUT2D eigenvalue weighted by atomic mass is 31.2. The summed E-state index contributed by atoms with van der Waals surface area (Å²) >= 11 is 0. The maximum Gasteiger partial charge on any atom is 0.529 e. The highest BCUT2D eigenvalue weighted by molar-refractivity contribution is 7.48. The molecule has 0 atom stereocenters. The minimum Gasteiger partial charge on any atom is -0.410 e. The zero-order valence-electron chi connectivity index (χ0n) is 11.3. The van der Waals surface area contributed by atoms with E-state index >= 15 is 0 Å². The fourth-order valence-electron chi connectivity index (χ4n) is 1.96. The Bertz CT molecular complexity index is 280. The molecular formula is C12H24NO4P. The molecule has 0 aromatic rings. The lowest BCUT2D eigenvalue weighted by Crippen LogP contribution is -2.26. The van der Waals surface area contributed by atoms with Crippen LogP contribution in [0.4, 0.5) is 0 Å². The molecule has 0 amide bonds. The van der Waals surface area contributed by atoms with Gasteiger partial charge < -0.3 is 9.84 Å². The van der Waals surface area contributed by atoms with E-state index in [4.69, 9.17) is 13.6 Å². The first kappa shape index (κ1) is 15.5. The van der Waals surface area contributed by atoms with Gasteiger partial charge in [-0.05, 0) is 26.7 Å². The number of nitrogens with one attached hydrogen (secondary N) is 1. The van der Waals surface area contributed by atoms with Crippen molar-refractivity contribution >= 4 is 7.82 Å². The lowest BCUT2D eigenvalue weighted by molar-refractivity contribution is 0.153. The van der Waals surface area contributed by atoms with Crippen molar-refractivity contribution in [1.82, 2.24) is 5.32 Å². The van der Waals surface area contributed by atoms with E-state index < -0.39 is 7.82 Å². The first-order valence-electron chi connectivity index (χ1n) is 6.68. The molecule has 1 aliphatic carbocycles. The largest absolute Gasteiger partial charge is 0.529 e. The third-order valence-corrected chi connectivity index (χ3v) is 4.30. The molecular weight excluding hydrogens is 253 g/mol. The summed E-state index contributed by atoms with van der Waals surface area (Å²) in [7, 11) is -3.42. The second kappa shape index (κ2) is 8.57. The van der Waals surface area contributed by atoms with Crippen molar-refractivity contribution in [1.29, 1.82) is 0 Å². The summed E-state index contributed by atoms with van der Waals surface area (Å²) < 4.78 is 27.0. The Morgan fingerprint density at radius 2 is 1.78 bits per heavy atom. The Morgan fingerprint density at radius 1 is 1.17 bits per heavy atom. The number of hydrogen-bond donors (Lipinski definition) is 1. The lowest BCUT2D eigenvalue weighted by Gasteiger charge is -2.21. The van der Waals surface area contributed by atoms with Gasteiger partial charge >= 0.3 is 7.82 Å². The Labute approximate surface area is 109 Å². The molecule has 0 aliphatic heterocycles. The summed E-state index contributed by atoms with van der Waals surface area (Å²) in [5.41, 5.74) is 0. The third kappa shape index (κ3) is 5.89. The molecule has 106 valence electrons. The minimum atomic E-state index is -3.42. The second-order valence-corrected chi connectivity index (χ2v) is 5.81. The zero-order chi connectivity index (χ0) is 13.3. The monoisotopic (exact) mass is 277 g/mol. The van der Waals surface area contributed by atoms with E-state index in [9.17, 15) is 4.57 Å². The van der Waals surface area contributed by atoms with Crippen molar-refractivity contribution in [3.63, 3.8) is 0 Å². The van der Waals surface area contributed by atoms with Crippen LogP contribution in [0.5, 0.6) is 0 Å². The predicted octanol–water partition coefficient (Wildman–Crippen LogP) is 3.58. The number of hydrogen-bond acceptors (Lipinski definition) is 5. The van der Waals surface area contributed by atoms with Crippen molar-refractivity contribution < 1.29 is 18.1 Å². The molecule has 0 aromatic carbocycles. The van der Waals surface area contributed by atoms with E-state index in [1.54, 1.807) is 20.0 Å². The molecule has 1 rings (SSSR count). The van der Waals surface area contributed by atoms with E-state index in [0.717, 1.165) is 0 Å². The van der Waals surface area contributed by atoms with Crippen molar-refractivity contribution in [2.24, 2.45) is 0 Å². The van der Waals surface area contributed by atoms with Crippen LogP contribution in [0, 0.1) is 0 Å². The Hall–Kier alpha value is -0.510. The Morgan fingerprint density at radius 3 is 2.33 bits per heavy atom. The minimum absolute atomic E-state index is 0.293. The van der Waals surface area contributed by atoms with E-state index in [2.05, 4.69) is 5.32 Å². The van der Waals surface area contributed by atoms with E-state index in [-0.39, 0.29) is 0 Å². The van der Waals surface area contributed by atoms with Crippen LogP contribution in [0.15, 0.2) is 12.5 Å². The van der Waals surface area contributed by atoms with Gasteiger partial charge in [-0.25, -0.2) is 4.57 Å². The van der Waals surface area contributed by atoms with Gasteiger partial charge in [0.15, 0.2) is 0 Å². The summed E-state index contributed by atoms with van der Waals surface area (Å²) in [6.07, 6.45) is 9.26. The standard InChI is InChI=1S/C12H24NO4P/c1-3-15-18(14,16-4-2)17-11-10-13-12-8-6-5-7-9-12/h10-13H,3-9H2,1-2H3. The summed E-state index contributed by atoms with van der Waals surface area (Å²) in [5, 5.41) is 3.24. The van der Waals surface area contributed by atoms with Crippen LogP contribution in [-0.2, 0) is 18.1 Å². The first-order chi connectivity index (χ1) is 8.70. The number of rotatable bonds is 8. The molecule has 0 unspecified atom stereocenters. The van der Waals surface area contributed by atoms with Gasteiger partial charge in [-0.1, -0.05) is 19.3 Å². The fraction of sp³-hybridized carbons (Fsp3) is 0.833. The molecule has 18 heavy (non-hydrogen) atoms. The molecule has 0 bridgehead atoms. The number of phosphoric ester groups is 1. The van der Waals surface area contributed by atoms with Crippen molar-refractivity contribution in [2.45, 2.75) is 52.0 Å². The van der Waals surface area contributed by atoms with Crippen LogP contribution in [0.3, 0.4) is 0 Å².